The highest BCUT2D eigenvalue weighted by atomic mass is 32.2. The first kappa shape index (κ1) is 19.3. The van der Waals surface area contributed by atoms with Crippen molar-refractivity contribution in [2.45, 2.75) is 49.5 Å². The van der Waals surface area contributed by atoms with Gasteiger partial charge in [0.1, 0.15) is 5.75 Å². The summed E-state index contributed by atoms with van der Waals surface area (Å²) in [4.78, 5) is 17.0. The highest BCUT2D eigenvalue weighted by Crippen LogP contribution is 2.41. The average molecular weight is 423 g/mol. The molecule has 2 aliphatic rings. The van der Waals surface area contributed by atoms with Gasteiger partial charge in [0.05, 0.1) is 22.8 Å². The number of nitrogens with zero attached hydrogens (tertiary/aromatic N) is 2. The molecule has 0 spiro atoms. The van der Waals surface area contributed by atoms with Gasteiger partial charge in [-0.05, 0) is 50.3 Å². The molecule has 4 rings (SSSR count). The summed E-state index contributed by atoms with van der Waals surface area (Å²) >= 11 is 0.980. The first-order chi connectivity index (χ1) is 13.1. The number of fused-ring (bicyclic) bond motifs is 2. The van der Waals surface area contributed by atoms with E-state index in [0.717, 1.165) is 47.5 Å². The number of thiazole rings is 1. The van der Waals surface area contributed by atoms with E-state index in [1.165, 1.54) is 11.8 Å². The summed E-state index contributed by atoms with van der Waals surface area (Å²) in [6.45, 7) is 3.75. The van der Waals surface area contributed by atoms with Crippen molar-refractivity contribution in [3.8, 4) is 5.75 Å². The lowest BCUT2D eigenvalue weighted by atomic mass is 10.0. The van der Waals surface area contributed by atoms with Crippen molar-refractivity contribution < 1.29 is 18.8 Å². The first-order valence-electron chi connectivity index (χ1n) is 9.00. The minimum atomic E-state index is -3.52. The van der Waals surface area contributed by atoms with Crippen molar-refractivity contribution in [2.75, 3.05) is 11.9 Å². The minimum absolute atomic E-state index is 0.00614. The quantitative estimate of drug-likeness (QED) is 0.701. The monoisotopic (exact) mass is 422 g/mol. The minimum Gasteiger partial charge on any atom is -0.493 e. The van der Waals surface area contributed by atoms with Crippen LogP contribution in [-0.4, -0.2) is 26.9 Å². The third-order valence-corrected chi connectivity index (χ3v) is 7.98. The molecule has 0 saturated heterocycles. The molecule has 1 atom stereocenters. The van der Waals surface area contributed by atoms with Gasteiger partial charge in [-0.2, -0.15) is 0 Å². The Morgan fingerprint density at radius 1 is 1.39 bits per heavy atom. The zero-order valence-corrected chi connectivity index (χ0v) is 17.3. The number of ether oxygens (including phenoxy) is 1. The topological polar surface area (TPSA) is 127 Å². The summed E-state index contributed by atoms with van der Waals surface area (Å²) in [5.41, 5.74) is 2.78. The van der Waals surface area contributed by atoms with Crippen molar-refractivity contribution in [2.24, 2.45) is 9.50 Å². The van der Waals surface area contributed by atoms with E-state index in [2.05, 4.69) is 20.7 Å². The van der Waals surface area contributed by atoms with Gasteiger partial charge in [-0.25, -0.2) is 19.1 Å². The number of nitrogens with two attached hydrogens (primary N) is 1. The number of carbonyl (C=O) groups excluding carboxylic acids is 1. The van der Waals surface area contributed by atoms with Crippen LogP contribution in [0.25, 0.3) is 0 Å². The summed E-state index contributed by atoms with van der Waals surface area (Å²) < 4.78 is 22.2. The third-order valence-electron chi connectivity index (χ3n) is 4.86. The van der Waals surface area contributed by atoms with Crippen molar-refractivity contribution in [1.82, 2.24) is 4.98 Å². The summed E-state index contributed by atoms with van der Waals surface area (Å²) in [5, 5.41) is 18.6. The van der Waals surface area contributed by atoms with Gasteiger partial charge in [-0.1, -0.05) is 0 Å². The van der Waals surface area contributed by atoms with E-state index < -0.39 is 21.5 Å². The molecular weight excluding hydrogens is 400 g/mol. The standard InChI is InChI=1S/C18H22N4O4S2/c1-18(2,24)14-9-20-17(27-14)28(19,25)22-16(23)21-15-11-5-3-4-10(11)8-13-12(15)6-7-26-13/h8-9,24H,3-7H2,1-2H3,(H3,19,21,22,23,25)/t28-/m1/s1. The van der Waals surface area contributed by atoms with Crippen LogP contribution in [0.5, 0.6) is 5.75 Å². The van der Waals surface area contributed by atoms with Crippen molar-refractivity contribution in [3.05, 3.63) is 33.8 Å². The highest BCUT2D eigenvalue weighted by Gasteiger charge is 2.27. The van der Waals surface area contributed by atoms with Crippen LogP contribution in [0, 0.1) is 0 Å². The van der Waals surface area contributed by atoms with E-state index in [1.54, 1.807) is 13.8 Å². The first-order valence-corrected chi connectivity index (χ1v) is 11.4. The number of anilines is 1. The second-order valence-electron chi connectivity index (χ2n) is 7.46. The summed E-state index contributed by atoms with van der Waals surface area (Å²) in [6.07, 6.45) is 4.94. The molecule has 2 amide bonds. The van der Waals surface area contributed by atoms with E-state index in [0.29, 0.717) is 23.6 Å². The van der Waals surface area contributed by atoms with E-state index in [-0.39, 0.29) is 4.34 Å². The normalized spacial score (nSPS) is 17.4. The fourth-order valence-electron chi connectivity index (χ4n) is 3.52. The van der Waals surface area contributed by atoms with Crippen molar-refractivity contribution in [1.29, 1.82) is 0 Å². The van der Waals surface area contributed by atoms with Crippen LogP contribution >= 0.6 is 11.3 Å². The Morgan fingerprint density at radius 3 is 2.89 bits per heavy atom. The lowest BCUT2D eigenvalue weighted by Gasteiger charge is -2.14. The Morgan fingerprint density at radius 2 is 2.18 bits per heavy atom. The molecule has 2 aromatic rings. The number of benzene rings is 1. The Hall–Kier alpha value is -2.01. The van der Waals surface area contributed by atoms with Crippen LogP contribution in [0.1, 0.15) is 41.8 Å². The fourth-order valence-corrected chi connectivity index (χ4v) is 5.60. The maximum Gasteiger partial charge on any atom is 0.354 e. The van der Waals surface area contributed by atoms with Crippen LogP contribution in [0.3, 0.4) is 0 Å². The summed E-state index contributed by atoms with van der Waals surface area (Å²) in [7, 11) is -3.52. The number of hydrogen-bond acceptors (Lipinski definition) is 6. The van der Waals surface area contributed by atoms with Gasteiger partial charge in [0.15, 0.2) is 9.92 Å². The fraction of sp³-hybridized carbons (Fsp3) is 0.444. The Kier molecular flexibility index (Phi) is 4.69. The number of aromatic nitrogens is 1. The number of urea groups is 1. The number of carbonyl (C=O) groups is 1. The van der Waals surface area contributed by atoms with Gasteiger partial charge >= 0.3 is 6.03 Å². The molecule has 10 heteroatoms. The summed E-state index contributed by atoms with van der Waals surface area (Å²) in [5.74, 6) is 0.791. The lowest BCUT2D eigenvalue weighted by Crippen LogP contribution is -2.18. The van der Waals surface area contributed by atoms with E-state index in [4.69, 9.17) is 9.88 Å². The molecule has 150 valence electrons. The molecule has 1 aromatic heterocycles. The van der Waals surface area contributed by atoms with E-state index in [1.807, 2.05) is 0 Å². The zero-order chi connectivity index (χ0) is 20.1. The molecule has 2 heterocycles. The van der Waals surface area contributed by atoms with Crippen LogP contribution in [0.4, 0.5) is 10.5 Å². The van der Waals surface area contributed by atoms with Gasteiger partial charge in [0.25, 0.3) is 0 Å². The Labute approximate surface area is 167 Å². The molecule has 0 bridgehead atoms. The number of rotatable bonds is 3. The van der Waals surface area contributed by atoms with E-state index in [9.17, 15) is 14.1 Å². The van der Waals surface area contributed by atoms with Crippen LogP contribution in [0.2, 0.25) is 0 Å². The molecule has 8 nitrogen and oxygen atoms in total. The number of amides is 2. The molecule has 0 fully saturated rings. The largest absolute Gasteiger partial charge is 0.493 e. The number of aliphatic hydroxyl groups is 1. The average Bonchev–Trinajstić information content (AvgIpc) is 3.33. The molecule has 1 aromatic carbocycles. The van der Waals surface area contributed by atoms with Crippen LogP contribution < -0.4 is 15.2 Å². The van der Waals surface area contributed by atoms with Crippen molar-refractivity contribution in [3.63, 3.8) is 0 Å². The maximum atomic E-state index is 12.8. The molecule has 1 aliphatic heterocycles. The third kappa shape index (κ3) is 3.52. The van der Waals surface area contributed by atoms with Gasteiger partial charge in [0, 0.05) is 18.2 Å². The zero-order valence-electron chi connectivity index (χ0n) is 15.7. The molecule has 28 heavy (non-hydrogen) atoms. The van der Waals surface area contributed by atoms with Gasteiger partial charge in [-0.15, -0.1) is 15.7 Å². The molecular formula is C18H22N4O4S2. The predicted octanol–water partition coefficient (Wildman–Crippen LogP) is 2.73. The Balaban J connectivity index is 1.65. The summed E-state index contributed by atoms with van der Waals surface area (Å²) in [6, 6.07) is 1.28. The SMILES string of the molecule is CC(C)(O)c1cnc([S@](N)(=O)=NC(=O)Nc2c3c(cc4c2CCO4)CCC3)s1. The van der Waals surface area contributed by atoms with Gasteiger partial charge in [-0.3, -0.25) is 0 Å². The number of nitrogens with one attached hydrogen (secondary N) is 1. The van der Waals surface area contributed by atoms with Crippen molar-refractivity contribution >= 4 is 33.0 Å². The van der Waals surface area contributed by atoms with Crippen LogP contribution in [0.15, 0.2) is 21.0 Å². The Bertz CT molecular complexity index is 1050. The highest BCUT2D eigenvalue weighted by molar-refractivity contribution is 7.93. The molecule has 0 radical (unpaired) electrons. The van der Waals surface area contributed by atoms with E-state index >= 15 is 0 Å². The molecule has 4 N–H and O–H groups in total. The molecule has 1 aliphatic carbocycles. The smallest absolute Gasteiger partial charge is 0.354 e. The number of aryl methyl sites for hydroxylation is 1. The maximum absolute atomic E-state index is 12.8. The number of hydrogen-bond donors (Lipinski definition) is 3. The van der Waals surface area contributed by atoms with Crippen LogP contribution in [-0.2, 0) is 34.8 Å². The van der Waals surface area contributed by atoms with Gasteiger partial charge in [0.2, 0.25) is 4.34 Å². The predicted molar refractivity (Wildman–Crippen MR) is 107 cm³/mol. The second kappa shape index (κ2) is 6.80. The molecule has 0 saturated carbocycles. The lowest BCUT2D eigenvalue weighted by molar-refractivity contribution is 0.0823. The second-order valence-corrected chi connectivity index (χ2v) is 10.5. The molecule has 0 unspecified atom stereocenters. The van der Waals surface area contributed by atoms with Gasteiger partial charge < -0.3 is 15.2 Å².